The van der Waals surface area contributed by atoms with Crippen LogP contribution < -0.4 is 5.32 Å². The molecule has 6 nitrogen and oxygen atoms in total. The fraction of sp³-hybridized carbons (Fsp3) is 0.0556. The third-order valence-electron chi connectivity index (χ3n) is 3.36. The number of benzene rings is 2. The van der Waals surface area contributed by atoms with Crippen LogP contribution in [0.15, 0.2) is 65.2 Å². The number of oxazole rings is 1. The number of hydrogen-bond donors (Lipinski definition) is 2. The summed E-state index contributed by atoms with van der Waals surface area (Å²) in [7, 11) is 0. The molecule has 0 atom stereocenters. The molecule has 3 rings (SSSR count). The van der Waals surface area contributed by atoms with E-state index in [9.17, 15) is 9.59 Å². The van der Waals surface area contributed by atoms with Gasteiger partial charge in [-0.05, 0) is 24.3 Å². The first kappa shape index (κ1) is 15.5. The van der Waals surface area contributed by atoms with Gasteiger partial charge in [0.1, 0.15) is 6.54 Å². The number of carboxylic acid groups (broad SMARTS) is 1. The van der Waals surface area contributed by atoms with E-state index in [0.717, 1.165) is 11.1 Å². The van der Waals surface area contributed by atoms with Crippen LogP contribution in [0.2, 0.25) is 0 Å². The summed E-state index contributed by atoms with van der Waals surface area (Å²) in [5.41, 5.74) is 2.03. The highest BCUT2D eigenvalue weighted by atomic mass is 16.4. The predicted octanol–water partition coefficient (Wildman–Crippen LogP) is 2.82. The van der Waals surface area contributed by atoms with Gasteiger partial charge in [0.25, 0.3) is 5.91 Å². The van der Waals surface area contributed by atoms with Crippen molar-refractivity contribution in [3.8, 4) is 22.8 Å². The van der Waals surface area contributed by atoms with Crippen molar-refractivity contribution in [2.24, 2.45) is 0 Å². The lowest BCUT2D eigenvalue weighted by atomic mass is 10.1. The first-order valence-electron chi connectivity index (χ1n) is 7.25. The van der Waals surface area contributed by atoms with E-state index in [1.165, 1.54) is 0 Å². The minimum atomic E-state index is -1.09. The molecule has 1 aromatic heterocycles. The molecule has 0 aliphatic rings. The minimum Gasteiger partial charge on any atom is -0.480 e. The summed E-state index contributed by atoms with van der Waals surface area (Å²) in [6.07, 6.45) is 1.65. The summed E-state index contributed by atoms with van der Waals surface area (Å²) in [5.74, 6) is -0.422. The Morgan fingerprint density at radius 1 is 1.00 bits per heavy atom. The summed E-state index contributed by atoms with van der Waals surface area (Å²) in [5, 5.41) is 10.9. The molecule has 6 heteroatoms. The number of aliphatic carboxylic acids is 1. The molecule has 0 aliphatic heterocycles. The molecule has 1 heterocycles. The van der Waals surface area contributed by atoms with E-state index < -0.39 is 18.4 Å². The van der Waals surface area contributed by atoms with Crippen LogP contribution in [0, 0.1) is 0 Å². The van der Waals surface area contributed by atoms with E-state index in [0.29, 0.717) is 17.2 Å². The number of rotatable bonds is 5. The topological polar surface area (TPSA) is 92.4 Å². The smallest absolute Gasteiger partial charge is 0.322 e. The highest BCUT2D eigenvalue weighted by Crippen LogP contribution is 2.25. The molecule has 0 unspecified atom stereocenters. The summed E-state index contributed by atoms with van der Waals surface area (Å²) in [6, 6.07) is 16.2. The number of nitrogens with zero attached hydrogens (tertiary/aromatic N) is 1. The maximum Gasteiger partial charge on any atom is 0.322 e. The molecule has 2 aromatic carbocycles. The highest BCUT2D eigenvalue weighted by Gasteiger charge is 2.11. The average molecular weight is 322 g/mol. The lowest BCUT2D eigenvalue weighted by Crippen LogP contribution is -2.29. The second-order valence-corrected chi connectivity index (χ2v) is 5.05. The molecule has 0 saturated carbocycles. The zero-order chi connectivity index (χ0) is 16.9. The van der Waals surface area contributed by atoms with Crippen LogP contribution in [-0.4, -0.2) is 28.5 Å². The Morgan fingerprint density at radius 2 is 1.71 bits per heavy atom. The minimum absolute atomic E-state index is 0.370. The summed E-state index contributed by atoms with van der Waals surface area (Å²) < 4.78 is 5.75. The van der Waals surface area contributed by atoms with Crippen molar-refractivity contribution in [3.63, 3.8) is 0 Å². The average Bonchev–Trinajstić information content (AvgIpc) is 3.10. The number of aromatic nitrogens is 1. The van der Waals surface area contributed by atoms with Crippen LogP contribution in [-0.2, 0) is 4.79 Å². The van der Waals surface area contributed by atoms with Crippen LogP contribution in [0.3, 0.4) is 0 Å². The second kappa shape index (κ2) is 6.78. The van der Waals surface area contributed by atoms with Crippen molar-refractivity contribution in [2.45, 2.75) is 0 Å². The van der Waals surface area contributed by atoms with E-state index in [1.807, 2.05) is 30.3 Å². The number of nitrogens with one attached hydrogen (secondary N) is 1. The molecule has 0 fully saturated rings. The van der Waals surface area contributed by atoms with E-state index in [4.69, 9.17) is 9.52 Å². The number of amides is 1. The monoisotopic (exact) mass is 322 g/mol. The summed E-state index contributed by atoms with van der Waals surface area (Å²) >= 11 is 0. The normalized spacial score (nSPS) is 10.3. The molecule has 0 spiro atoms. The third kappa shape index (κ3) is 3.49. The van der Waals surface area contributed by atoms with Crippen LogP contribution >= 0.6 is 0 Å². The number of hydrogen-bond acceptors (Lipinski definition) is 4. The van der Waals surface area contributed by atoms with Gasteiger partial charge in [0, 0.05) is 16.7 Å². The van der Waals surface area contributed by atoms with Gasteiger partial charge in [0.15, 0.2) is 5.76 Å². The molecule has 0 aliphatic carbocycles. The summed E-state index contributed by atoms with van der Waals surface area (Å²) in [6.45, 7) is -0.416. The van der Waals surface area contributed by atoms with Gasteiger partial charge in [-0.25, -0.2) is 4.98 Å². The lowest BCUT2D eigenvalue weighted by molar-refractivity contribution is -0.135. The molecule has 120 valence electrons. The molecule has 2 N–H and O–H groups in total. The third-order valence-corrected chi connectivity index (χ3v) is 3.36. The van der Waals surface area contributed by atoms with Gasteiger partial charge in [-0.3, -0.25) is 9.59 Å². The van der Waals surface area contributed by atoms with Crippen molar-refractivity contribution in [3.05, 3.63) is 66.4 Å². The Bertz CT molecular complexity index is 854. The van der Waals surface area contributed by atoms with Crippen molar-refractivity contribution < 1.29 is 19.1 Å². The summed E-state index contributed by atoms with van der Waals surface area (Å²) in [4.78, 5) is 26.5. The molecule has 0 bridgehead atoms. The fourth-order valence-electron chi connectivity index (χ4n) is 2.17. The van der Waals surface area contributed by atoms with E-state index >= 15 is 0 Å². The largest absolute Gasteiger partial charge is 0.480 e. The molecule has 24 heavy (non-hydrogen) atoms. The van der Waals surface area contributed by atoms with Crippen molar-refractivity contribution in [2.75, 3.05) is 6.54 Å². The van der Waals surface area contributed by atoms with Crippen LogP contribution in [0.1, 0.15) is 10.4 Å². The van der Waals surface area contributed by atoms with Gasteiger partial charge in [0.05, 0.1) is 6.20 Å². The number of carbonyl (C=O) groups excluding carboxylic acids is 1. The van der Waals surface area contributed by atoms with Crippen molar-refractivity contribution in [1.29, 1.82) is 0 Å². The fourth-order valence-corrected chi connectivity index (χ4v) is 2.17. The van der Waals surface area contributed by atoms with Gasteiger partial charge < -0.3 is 14.8 Å². The molecule has 0 radical (unpaired) electrons. The Kier molecular flexibility index (Phi) is 4.38. The molecule has 1 amide bonds. The Labute approximate surface area is 137 Å². The maximum atomic E-state index is 11.8. The first-order valence-corrected chi connectivity index (χ1v) is 7.25. The van der Waals surface area contributed by atoms with Crippen molar-refractivity contribution in [1.82, 2.24) is 10.3 Å². The van der Waals surface area contributed by atoms with Crippen LogP contribution in [0.25, 0.3) is 22.8 Å². The van der Waals surface area contributed by atoms with Crippen LogP contribution in [0.5, 0.6) is 0 Å². The maximum absolute atomic E-state index is 11.8. The molecular weight excluding hydrogens is 308 g/mol. The Balaban J connectivity index is 1.75. The molecular formula is C18H14N2O4. The van der Waals surface area contributed by atoms with Gasteiger partial charge in [0.2, 0.25) is 5.89 Å². The van der Waals surface area contributed by atoms with Crippen molar-refractivity contribution >= 4 is 11.9 Å². The molecule has 3 aromatic rings. The van der Waals surface area contributed by atoms with Gasteiger partial charge >= 0.3 is 5.97 Å². The second-order valence-electron chi connectivity index (χ2n) is 5.05. The molecule has 0 saturated heterocycles. The zero-order valence-electron chi connectivity index (χ0n) is 12.6. The SMILES string of the molecule is O=C(O)CNC(=O)c1ccc(-c2ncc(-c3ccccc3)o2)cc1. The Hall–Kier alpha value is -3.41. The lowest BCUT2D eigenvalue weighted by Gasteiger charge is -2.03. The van der Waals surface area contributed by atoms with E-state index in [2.05, 4.69) is 10.3 Å². The van der Waals surface area contributed by atoms with Crippen LogP contribution in [0.4, 0.5) is 0 Å². The Morgan fingerprint density at radius 3 is 2.38 bits per heavy atom. The number of carboxylic acids is 1. The zero-order valence-corrected chi connectivity index (χ0v) is 12.6. The van der Waals surface area contributed by atoms with Gasteiger partial charge in [-0.1, -0.05) is 30.3 Å². The predicted molar refractivity (Wildman–Crippen MR) is 87.3 cm³/mol. The number of carbonyl (C=O) groups is 2. The standard InChI is InChI=1S/C18H14N2O4/c21-16(22)11-19-17(23)13-6-8-14(9-7-13)18-20-10-15(24-18)12-4-2-1-3-5-12/h1-10H,11H2,(H,19,23)(H,21,22). The highest BCUT2D eigenvalue weighted by molar-refractivity contribution is 5.96. The van der Waals surface area contributed by atoms with E-state index in [-0.39, 0.29) is 0 Å². The quantitative estimate of drug-likeness (QED) is 0.753. The first-order chi connectivity index (χ1) is 11.6. The van der Waals surface area contributed by atoms with Gasteiger partial charge in [-0.2, -0.15) is 0 Å². The van der Waals surface area contributed by atoms with E-state index in [1.54, 1.807) is 30.5 Å². The van der Waals surface area contributed by atoms with Gasteiger partial charge in [-0.15, -0.1) is 0 Å².